The molecule has 3 fully saturated rings. The van der Waals surface area contributed by atoms with E-state index in [2.05, 4.69) is 26.0 Å². The fraction of sp³-hybridized carbons (Fsp3) is 0.867. The van der Waals surface area contributed by atoms with Crippen LogP contribution >= 0.6 is 0 Å². The number of halogens is 1. The van der Waals surface area contributed by atoms with E-state index in [0.29, 0.717) is 18.3 Å². The predicted molar refractivity (Wildman–Crippen MR) is 132 cm³/mol. The molecule has 1 heteroatoms. The first-order chi connectivity index (χ1) is 15.1. The number of rotatable bonds is 7. The van der Waals surface area contributed by atoms with E-state index in [0.717, 1.165) is 29.2 Å². The van der Waals surface area contributed by atoms with Crippen molar-refractivity contribution in [2.75, 3.05) is 0 Å². The molecular weight excluding hydrogens is 379 g/mol. The van der Waals surface area contributed by atoms with Gasteiger partial charge >= 0.3 is 0 Å². The second-order valence-corrected chi connectivity index (χ2v) is 11.9. The van der Waals surface area contributed by atoms with E-state index in [1.165, 1.54) is 108 Å². The molecule has 0 bridgehead atoms. The number of hydrogen-bond acceptors (Lipinski definition) is 0. The highest BCUT2D eigenvalue weighted by molar-refractivity contribution is 5.31. The first kappa shape index (κ1) is 23.6. The first-order valence-corrected chi connectivity index (χ1v) is 14.2. The van der Waals surface area contributed by atoms with E-state index in [-0.39, 0.29) is 0 Å². The maximum atomic E-state index is 15.3. The summed E-state index contributed by atoms with van der Waals surface area (Å²) in [6.07, 6.45) is 26.5. The zero-order valence-corrected chi connectivity index (χ0v) is 20.6. The Morgan fingerprint density at radius 1 is 0.742 bits per heavy atom. The molecule has 4 aliphatic carbocycles. The maximum Gasteiger partial charge on any atom is 0.125 e. The van der Waals surface area contributed by atoms with Gasteiger partial charge in [0, 0.05) is 6.42 Å². The van der Waals surface area contributed by atoms with Gasteiger partial charge in [-0.1, -0.05) is 70.1 Å². The van der Waals surface area contributed by atoms with Gasteiger partial charge in [0.2, 0.25) is 0 Å². The maximum absolute atomic E-state index is 15.3. The smallest absolute Gasteiger partial charge is 0.125 e. The lowest BCUT2D eigenvalue weighted by molar-refractivity contribution is 0.153. The van der Waals surface area contributed by atoms with Crippen LogP contribution in [-0.4, -0.2) is 6.17 Å². The van der Waals surface area contributed by atoms with Gasteiger partial charge in [-0.2, -0.15) is 0 Å². The molecule has 3 saturated carbocycles. The average molecular weight is 429 g/mol. The van der Waals surface area contributed by atoms with Crippen molar-refractivity contribution in [3.05, 3.63) is 23.3 Å². The van der Waals surface area contributed by atoms with E-state index in [4.69, 9.17) is 0 Å². The largest absolute Gasteiger partial charge is 0.242 e. The van der Waals surface area contributed by atoms with Gasteiger partial charge in [-0.3, -0.25) is 0 Å². The highest BCUT2D eigenvalue weighted by Crippen LogP contribution is 2.46. The minimum absolute atomic E-state index is 0.529. The second kappa shape index (κ2) is 11.5. The van der Waals surface area contributed by atoms with Gasteiger partial charge in [0.1, 0.15) is 6.17 Å². The van der Waals surface area contributed by atoms with E-state index in [9.17, 15) is 0 Å². The number of allylic oxidation sites excluding steroid dienone is 4. The van der Waals surface area contributed by atoms with Gasteiger partial charge in [0.15, 0.2) is 0 Å². The summed E-state index contributed by atoms with van der Waals surface area (Å²) in [5.41, 5.74) is 2.60. The molecule has 1 atom stereocenters. The molecular formula is C30H49F. The summed E-state index contributed by atoms with van der Waals surface area (Å²) in [4.78, 5) is 0. The first-order valence-electron chi connectivity index (χ1n) is 14.2. The van der Waals surface area contributed by atoms with Crippen molar-refractivity contribution in [3.8, 4) is 0 Å². The zero-order chi connectivity index (χ0) is 21.6. The lowest BCUT2D eigenvalue weighted by atomic mass is 9.67. The second-order valence-electron chi connectivity index (χ2n) is 11.9. The normalized spacial score (nSPS) is 39.6. The molecule has 0 N–H and O–H groups in total. The molecule has 0 spiro atoms. The molecule has 0 heterocycles. The van der Waals surface area contributed by atoms with Crippen LogP contribution in [0.3, 0.4) is 0 Å². The summed E-state index contributed by atoms with van der Waals surface area (Å²) in [6.45, 7) is 4.72. The van der Waals surface area contributed by atoms with Crippen LogP contribution in [0.4, 0.5) is 4.39 Å². The Hall–Kier alpha value is -0.590. The van der Waals surface area contributed by atoms with Crippen LogP contribution in [0.2, 0.25) is 0 Å². The third-order valence-electron chi connectivity index (χ3n) is 9.82. The van der Waals surface area contributed by atoms with Crippen molar-refractivity contribution in [2.24, 2.45) is 35.5 Å². The summed E-state index contributed by atoms with van der Waals surface area (Å²) in [6, 6.07) is 0. The molecule has 4 aliphatic rings. The quantitative estimate of drug-likeness (QED) is 0.354. The molecule has 0 saturated heterocycles. The summed E-state index contributed by atoms with van der Waals surface area (Å²) in [5.74, 6) is 5.00. The standard InChI is InChI=1S/C30H49F/c1-3-4-5-6-23-9-13-26(14-10-23)28-19-20-29(30(31)21-28)27-17-15-25(16-18-27)24-11-7-22(2)8-12-24/h19-20,22-27,30H,3-18,21H2,1-2H3. The molecule has 176 valence electrons. The van der Waals surface area contributed by atoms with Crippen molar-refractivity contribution in [1.29, 1.82) is 0 Å². The molecule has 4 rings (SSSR count). The number of unbranched alkanes of at least 4 members (excludes halogenated alkanes) is 2. The van der Waals surface area contributed by atoms with Gasteiger partial charge in [0.05, 0.1) is 0 Å². The number of alkyl halides is 1. The van der Waals surface area contributed by atoms with Gasteiger partial charge in [0.25, 0.3) is 0 Å². The average Bonchev–Trinajstić information content (AvgIpc) is 2.80. The van der Waals surface area contributed by atoms with Crippen molar-refractivity contribution in [2.45, 2.75) is 129 Å². The van der Waals surface area contributed by atoms with Crippen LogP contribution < -0.4 is 0 Å². The van der Waals surface area contributed by atoms with Crippen LogP contribution in [0.5, 0.6) is 0 Å². The molecule has 0 aromatic rings. The van der Waals surface area contributed by atoms with Crippen molar-refractivity contribution < 1.29 is 4.39 Å². The predicted octanol–water partition coefficient (Wildman–Crippen LogP) is 9.60. The summed E-state index contributed by atoms with van der Waals surface area (Å²) >= 11 is 0. The van der Waals surface area contributed by atoms with Crippen LogP contribution in [-0.2, 0) is 0 Å². The van der Waals surface area contributed by atoms with Gasteiger partial charge < -0.3 is 0 Å². The van der Waals surface area contributed by atoms with Crippen LogP contribution in [0, 0.1) is 35.5 Å². The Labute approximate surface area is 192 Å². The lowest BCUT2D eigenvalue weighted by Gasteiger charge is -2.39. The van der Waals surface area contributed by atoms with Crippen molar-refractivity contribution in [1.82, 2.24) is 0 Å². The van der Waals surface area contributed by atoms with E-state index < -0.39 is 6.17 Å². The van der Waals surface area contributed by atoms with Crippen LogP contribution in [0.25, 0.3) is 0 Å². The topological polar surface area (TPSA) is 0 Å². The Kier molecular flexibility index (Phi) is 8.75. The molecule has 0 aromatic carbocycles. The lowest BCUT2D eigenvalue weighted by Crippen LogP contribution is -2.28. The Morgan fingerprint density at radius 2 is 1.35 bits per heavy atom. The minimum Gasteiger partial charge on any atom is -0.242 e. The molecule has 31 heavy (non-hydrogen) atoms. The minimum atomic E-state index is -0.695. The molecule has 0 aromatic heterocycles. The molecule has 0 aliphatic heterocycles. The molecule has 0 radical (unpaired) electrons. The Balaban J connectivity index is 1.24. The monoisotopic (exact) mass is 428 g/mol. The molecule has 0 amide bonds. The fourth-order valence-electron chi connectivity index (χ4n) is 7.58. The third kappa shape index (κ3) is 6.26. The summed E-state index contributed by atoms with van der Waals surface area (Å²) in [7, 11) is 0. The van der Waals surface area contributed by atoms with Gasteiger partial charge in [-0.05, 0) is 105 Å². The molecule has 0 nitrogen and oxygen atoms in total. The third-order valence-corrected chi connectivity index (χ3v) is 9.82. The summed E-state index contributed by atoms with van der Waals surface area (Å²) in [5, 5.41) is 0. The Bertz CT molecular complexity index is 592. The summed E-state index contributed by atoms with van der Waals surface area (Å²) < 4.78 is 15.3. The van der Waals surface area contributed by atoms with Gasteiger partial charge in [-0.25, -0.2) is 4.39 Å². The van der Waals surface area contributed by atoms with Crippen LogP contribution in [0.15, 0.2) is 23.3 Å². The van der Waals surface area contributed by atoms with E-state index >= 15 is 4.39 Å². The highest BCUT2D eigenvalue weighted by atomic mass is 19.1. The number of hydrogen-bond donors (Lipinski definition) is 0. The van der Waals surface area contributed by atoms with E-state index in [1.807, 2.05) is 0 Å². The molecule has 1 unspecified atom stereocenters. The van der Waals surface area contributed by atoms with Crippen LogP contribution in [0.1, 0.15) is 123 Å². The van der Waals surface area contributed by atoms with Crippen molar-refractivity contribution >= 4 is 0 Å². The SMILES string of the molecule is CCCCCC1CCC(C2=CC=C(C3CCC(C4CCC(C)CC4)CC3)C(F)C2)CC1. The highest BCUT2D eigenvalue weighted by Gasteiger charge is 2.34. The van der Waals surface area contributed by atoms with Gasteiger partial charge in [-0.15, -0.1) is 0 Å². The zero-order valence-electron chi connectivity index (χ0n) is 20.6. The van der Waals surface area contributed by atoms with Crippen molar-refractivity contribution in [3.63, 3.8) is 0 Å². The fourth-order valence-corrected chi connectivity index (χ4v) is 7.58. The van der Waals surface area contributed by atoms with E-state index in [1.54, 1.807) is 0 Å². The Morgan fingerprint density at radius 3 is 1.97 bits per heavy atom.